The fraction of sp³-hybridized carbons (Fsp3) is 0.455. The molecule has 1 unspecified atom stereocenters. The van der Waals surface area contributed by atoms with Crippen LogP contribution in [0.5, 0.6) is 5.75 Å². The highest BCUT2D eigenvalue weighted by Crippen LogP contribution is 2.31. The molecule has 0 fully saturated rings. The molecule has 0 spiro atoms. The number of aromatic hydroxyl groups is 1. The fourth-order valence-electron chi connectivity index (χ4n) is 3.01. The van der Waals surface area contributed by atoms with Crippen LogP contribution in [0.15, 0.2) is 42.5 Å². The average Bonchev–Trinajstić information content (AvgIpc) is 3.35. The number of phenolic OH excluding ortho intramolecular Hbond substituents is 1. The summed E-state index contributed by atoms with van der Waals surface area (Å²) in [5.74, 6) is 1.08. The highest BCUT2D eigenvalue weighted by Gasteiger charge is 2.24. The normalized spacial score (nSPS) is 11.9. The largest absolute Gasteiger partial charge is 0.506 e. The van der Waals surface area contributed by atoms with E-state index in [0.29, 0.717) is 5.75 Å². The second-order valence-corrected chi connectivity index (χ2v) is 6.23. The Morgan fingerprint density at radius 1 is 0.923 bits per heavy atom. The van der Waals surface area contributed by atoms with Gasteiger partial charge in [0.25, 0.3) is 0 Å². The summed E-state index contributed by atoms with van der Waals surface area (Å²) in [6.07, 6.45) is 3.40. The molecule has 0 amide bonds. The van der Waals surface area contributed by atoms with E-state index in [1.807, 2.05) is 56.8 Å². The standard InChI is InChI=1S/C18H21N3O.2C2H6/c1-3-13(2)8-9-14-10-11-17(18(22)12-14)21-19-15-6-4-5-7-16(15)20(19)21;2*1-2/h4-7,10-13,22H,3,8-9H2,1-2H3;2*1-2H3. The molecular weight excluding hydrogens is 322 g/mol. The molecule has 1 N–H and O–H groups in total. The zero-order valence-corrected chi connectivity index (χ0v) is 17.0. The SMILES string of the molecule is CC.CC.CCC(C)CCc1ccc(-n2n3c4ccccc4n23)c(O)c1. The Morgan fingerprint density at radius 2 is 1.50 bits per heavy atom. The van der Waals surface area contributed by atoms with E-state index >= 15 is 0 Å². The molecule has 0 saturated carbocycles. The van der Waals surface area contributed by atoms with E-state index in [1.54, 1.807) is 0 Å². The van der Waals surface area contributed by atoms with Crippen molar-refractivity contribution in [2.75, 3.05) is 0 Å². The van der Waals surface area contributed by atoms with Gasteiger partial charge in [-0.3, -0.25) is 0 Å². The summed E-state index contributed by atoms with van der Waals surface area (Å²) >= 11 is 0. The van der Waals surface area contributed by atoms with Crippen molar-refractivity contribution in [3.8, 4) is 11.4 Å². The minimum Gasteiger partial charge on any atom is -0.506 e. The second-order valence-electron chi connectivity index (χ2n) is 6.23. The zero-order chi connectivity index (χ0) is 19.3. The Morgan fingerprint density at radius 3 is 2.00 bits per heavy atom. The molecule has 4 aromatic rings. The summed E-state index contributed by atoms with van der Waals surface area (Å²) in [5, 5.41) is 10.4. The smallest absolute Gasteiger partial charge is 0.143 e. The number of aromatic nitrogens is 3. The molecule has 0 aliphatic carbocycles. The summed E-state index contributed by atoms with van der Waals surface area (Å²) < 4.78 is 4.12. The lowest BCUT2D eigenvalue weighted by molar-refractivity contribution is 0.469. The van der Waals surface area contributed by atoms with Crippen molar-refractivity contribution in [1.29, 1.82) is 0 Å². The lowest BCUT2D eigenvalue weighted by atomic mass is 9.99. The summed E-state index contributed by atoms with van der Waals surface area (Å²) in [6, 6.07) is 14.3. The molecule has 0 saturated heterocycles. The Hall–Kier alpha value is -2.36. The first-order valence-electron chi connectivity index (χ1n) is 10.0. The molecule has 4 nitrogen and oxygen atoms in total. The molecule has 2 aromatic carbocycles. The van der Waals surface area contributed by atoms with Crippen LogP contribution in [-0.2, 0) is 6.42 Å². The first-order chi connectivity index (χ1) is 12.7. The number of fused-ring (bicyclic) bond motifs is 4. The van der Waals surface area contributed by atoms with Gasteiger partial charge in [-0.2, -0.15) is 0 Å². The predicted octanol–water partition coefficient (Wildman–Crippen LogP) is 6.16. The van der Waals surface area contributed by atoms with E-state index in [0.717, 1.165) is 18.0 Å². The third kappa shape index (κ3) is 3.59. The first kappa shape index (κ1) is 20.0. The van der Waals surface area contributed by atoms with Gasteiger partial charge >= 0.3 is 0 Å². The molecule has 142 valence electrons. The van der Waals surface area contributed by atoms with E-state index in [9.17, 15) is 5.11 Å². The Balaban J connectivity index is 0.000000570. The van der Waals surface area contributed by atoms with Gasteiger partial charge in [-0.05, 0) is 48.6 Å². The highest BCUT2D eigenvalue weighted by atomic mass is 16.3. The number of aryl methyl sites for hydroxylation is 1. The van der Waals surface area contributed by atoms with E-state index in [1.165, 1.54) is 29.4 Å². The van der Waals surface area contributed by atoms with Gasteiger partial charge in [-0.15, -0.1) is 14.1 Å². The van der Waals surface area contributed by atoms with Crippen molar-refractivity contribution in [2.45, 2.75) is 60.8 Å². The number of para-hydroxylation sites is 2. The number of phenols is 1. The van der Waals surface area contributed by atoms with Crippen molar-refractivity contribution in [1.82, 2.24) is 14.1 Å². The number of nitrogens with zero attached hydrogens (tertiary/aromatic N) is 3. The average molecular weight is 356 g/mol. The molecule has 26 heavy (non-hydrogen) atoms. The lowest BCUT2D eigenvalue weighted by Crippen LogP contribution is -1.96. The minimum atomic E-state index is 0.349. The summed E-state index contributed by atoms with van der Waals surface area (Å²) in [5.41, 5.74) is 4.41. The number of hydrogen-bond donors (Lipinski definition) is 1. The van der Waals surface area contributed by atoms with Gasteiger partial charge in [0.1, 0.15) is 22.5 Å². The molecule has 2 aromatic heterocycles. The lowest BCUT2D eigenvalue weighted by Gasteiger charge is -2.08. The van der Waals surface area contributed by atoms with Gasteiger partial charge < -0.3 is 5.11 Å². The molecule has 0 radical (unpaired) electrons. The summed E-state index contributed by atoms with van der Waals surface area (Å²) in [4.78, 5) is 2.00. The first-order valence-corrected chi connectivity index (χ1v) is 10.0. The topological polar surface area (TPSA) is 34.0 Å². The van der Waals surface area contributed by atoms with Crippen molar-refractivity contribution in [2.24, 2.45) is 5.92 Å². The van der Waals surface area contributed by atoms with Gasteiger partial charge in [0.15, 0.2) is 0 Å². The van der Waals surface area contributed by atoms with Crippen LogP contribution in [0.25, 0.3) is 16.7 Å². The van der Waals surface area contributed by atoms with Crippen LogP contribution in [-0.4, -0.2) is 19.2 Å². The van der Waals surface area contributed by atoms with Gasteiger partial charge in [0.2, 0.25) is 0 Å². The van der Waals surface area contributed by atoms with E-state index in [2.05, 4.69) is 41.3 Å². The van der Waals surface area contributed by atoms with Crippen LogP contribution in [0.3, 0.4) is 0 Å². The molecular formula is C22H33N3O. The monoisotopic (exact) mass is 355 g/mol. The molecule has 0 aliphatic heterocycles. The summed E-state index contributed by atoms with van der Waals surface area (Å²) in [6.45, 7) is 12.5. The molecule has 4 rings (SSSR count). The third-order valence-electron chi connectivity index (χ3n) is 4.70. The van der Waals surface area contributed by atoms with Crippen LogP contribution >= 0.6 is 0 Å². The van der Waals surface area contributed by atoms with E-state index in [4.69, 9.17) is 0 Å². The molecule has 0 aliphatic rings. The summed E-state index contributed by atoms with van der Waals surface area (Å²) in [7, 11) is 0. The number of rotatable bonds is 5. The van der Waals surface area contributed by atoms with E-state index < -0.39 is 0 Å². The highest BCUT2D eigenvalue weighted by molar-refractivity contribution is 5.79. The Kier molecular flexibility index (Phi) is 6.78. The molecule has 2 heterocycles. The van der Waals surface area contributed by atoms with Crippen LogP contribution in [0.4, 0.5) is 0 Å². The number of hydrogen-bond acceptors (Lipinski definition) is 1. The van der Waals surface area contributed by atoms with Gasteiger partial charge in [-0.1, -0.05) is 66.2 Å². The number of benzene rings is 2. The third-order valence-corrected chi connectivity index (χ3v) is 4.70. The van der Waals surface area contributed by atoms with Crippen LogP contribution in [0.2, 0.25) is 0 Å². The van der Waals surface area contributed by atoms with Crippen molar-refractivity contribution < 1.29 is 5.11 Å². The molecule has 4 heteroatoms. The maximum atomic E-state index is 10.4. The Labute approximate surface area is 156 Å². The van der Waals surface area contributed by atoms with Crippen molar-refractivity contribution in [3.05, 3.63) is 48.0 Å². The molecule has 0 bridgehead atoms. The van der Waals surface area contributed by atoms with Crippen molar-refractivity contribution >= 4 is 11.0 Å². The Bertz CT molecular complexity index is 870. The van der Waals surface area contributed by atoms with Gasteiger partial charge in [-0.25, -0.2) is 0 Å². The van der Waals surface area contributed by atoms with Gasteiger partial charge in [0, 0.05) is 0 Å². The minimum absolute atomic E-state index is 0.349. The quantitative estimate of drug-likeness (QED) is 0.457. The predicted molar refractivity (Wildman–Crippen MR) is 111 cm³/mol. The van der Waals surface area contributed by atoms with Crippen LogP contribution < -0.4 is 0 Å². The maximum Gasteiger partial charge on any atom is 0.143 e. The van der Waals surface area contributed by atoms with Crippen molar-refractivity contribution in [3.63, 3.8) is 0 Å². The van der Waals surface area contributed by atoms with Gasteiger partial charge in [0.05, 0.1) is 0 Å². The second kappa shape index (κ2) is 8.84. The zero-order valence-electron chi connectivity index (χ0n) is 17.0. The maximum absolute atomic E-state index is 10.4. The molecule has 1 atom stereocenters. The van der Waals surface area contributed by atoms with Crippen LogP contribution in [0, 0.1) is 5.92 Å². The van der Waals surface area contributed by atoms with Crippen LogP contribution in [0.1, 0.15) is 59.9 Å². The fourth-order valence-corrected chi connectivity index (χ4v) is 3.01. The van der Waals surface area contributed by atoms with E-state index in [-0.39, 0.29) is 0 Å².